The first-order valence-electron chi connectivity index (χ1n) is 6.23. The Labute approximate surface area is 121 Å². The Morgan fingerprint density at radius 3 is 2.50 bits per heavy atom. The minimum Gasteiger partial charge on any atom is -0.346 e. The number of halogens is 1. The molecule has 104 valence electrons. The van der Waals surface area contributed by atoms with Crippen LogP contribution in [-0.2, 0) is 0 Å². The highest BCUT2D eigenvalue weighted by Gasteiger charge is 2.12. The quantitative estimate of drug-likeness (QED) is 0.913. The van der Waals surface area contributed by atoms with E-state index in [1.807, 2.05) is 19.1 Å². The summed E-state index contributed by atoms with van der Waals surface area (Å²) in [6, 6.07) is 10.0. The molecule has 5 heteroatoms. The first-order chi connectivity index (χ1) is 9.45. The van der Waals surface area contributed by atoms with Crippen molar-refractivity contribution in [3.63, 3.8) is 0 Å². The Morgan fingerprint density at radius 2 is 1.90 bits per heavy atom. The molecule has 1 aromatic carbocycles. The molecule has 0 aliphatic rings. The third-order valence-electron chi connectivity index (χ3n) is 2.96. The molecular weight excluding hydrogens is 276 g/mol. The zero-order valence-electron chi connectivity index (χ0n) is 11.2. The van der Waals surface area contributed by atoms with E-state index < -0.39 is 0 Å². The summed E-state index contributed by atoms with van der Waals surface area (Å²) in [5.74, 6) is -0.276. The maximum Gasteiger partial charge on any atom is 0.252 e. The molecule has 2 N–H and O–H groups in total. The fourth-order valence-electron chi connectivity index (χ4n) is 1.93. The fraction of sp³-hybridized carbons (Fsp3) is 0.200. The highest BCUT2D eigenvalue weighted by molar-refractivity contribution is 6.30. The van der Waals surface area contributed by atoms with Crippen molar-refractivity contribution in [1.82, 2.24) is 10.3 Å². The lowest BCUT2D eigenvalue weighted by atomic mass is 10.1. The van der Waals surface area contributed by atoms with Gasteiger partial charge in [-0.15, -0.1) is 0 Å². The summed E-state index contributed by atoms with van der Waals surface area (Å²) in [7, 11) is 0. The van der Waals surface area contributed by atoms with Crippen molar-refractivity contribution in [2.45, 2.75) is 19.9 Å². The van der Waals surface area contributed by atoms with E-state index in [0.29, 0.717) is 16.3 Å². The van der Waals surface area contributed by atoms with Crippen LogP contribution in [0.3, 0.4) is 0 Å². The van der Waals surface area contributed by atoms with Crippen LogP contribution < -0.4 is 10.9 Å². The number of rotatable bonds is 3. The Balaban J connectivity index is 2.14. The van der Waals surface area contributed by atoms with Crippen LogP contribution in [0.1, 0.15) is 34.6 Å². The normalized spacial score (nSPS) is 11.9. The minimum atomic E-state index is -0.283. The summed E-state index contributed by atoms with van der Waals surface area (Å²) in [6.45, 7) is 3.61. The summed E-state index contributed by atoms with van der Waals surface area (Å²) in [5.41, 5.74) is 1.67. The maximum absolute atomic E-state index is 12.1. The predicted molar refractivity (Wildman–Crippen MR) is 79.1 cm³/mol. The number of nitrogens with one attached hydrogen (secondary N) is 2. The Bertz CT molecular complexity index is 677. The van der Waals surface area contributed by atoms with Crippen molar-refractivity contribution in [3.05, 3.63) is 68.6 Å². The molecule has 1 amide bonds. The summed E-state index contributed by atoms with van der Waals surface area (Å²) >= 11 is 5.83. The largest absolute Gasteiger partial charge is 0.346 e. The molecule has 1 unspecified atom stereocenters. The second kappa shape index (κ2) is 5.92. The molecule has 0 saturated heterocycles. The molecule has 0 aliphatic heterocycles. The van der Waals surface area contributed by atoms with Gasteiger partial charge in [0.25, 0.3) is 5.91 Å². The van der Waals surface area contributed by atoms with Crippen LogP contribution in [0.5, 0.6) is 0 Å². The average Bonchev–Trinajstić information content (AvgIpc) is 2.38. The third-order valence-corrected chi connectivity index (χ3v) is 3.21. The lowest BCUT2D eigenvalue weighted by molar-refractivity contribution is 0.0939. The van der Waals surface area contributed by atoms with Gasteiger partial charge in [-0.05, 0) is 37.6 Å². The number of aryl methyl sites for hydroxylation is 1. The number of aromatic amines is 1. The number of H-pyrrole nitrogens is 1. The van der Waals surface area contributed by atoms with E-state index in [4.69, 9.17) is 11.6 Å². The Morgan fingerprint density at radius 1 is 1.25 bits per heavy atom. The van der Waals surface area contributed by atoms with Crippen LogP contribution in [0.4, 0.5) is 0 Å². The van der Waals surface area contributed by atoms with Crippen LogP contribution in [0.15, 0.2) is 41.2 Å². The highest BCUT2D eigenvalue weighted by atomic mass is 35.5. The van der Waals surface area contributed by atoms with Crippen molar-refractivity contribution >= 4 is 17.5 Å². The van der Waals surface area contributed by atoms with Crippen molar-refractivity contribution in [2.24, 2.45) is 0 Å². The van der Waals surface area contributed by atoms with Crippen molar-refractivity contribution in [1.29, 1.82) is 0 Å². The van der Waals surface area contributed by atoms with E-state index in [1.165, 1.54) is 6.07 Å². The first-order valence-corrected chi connectivity index (χ1v) is 6.61. The van der Waals surface area contributed by atoms with Gasteiger partial charge in [0.1, 0.15) is 0 Å². The second-order valence-corrected chi connectivity index (χ2v) is 5.10. The van der Waals surface area contributed by atoms with E-state index >= 15 is 0 Å². The van der Waals surface area contributed by atoms with Crippen LogP contribution in [0.2, 0.25) is 5.02 Å². The molecule has 2 rings (SSSR count). The molecule has 0 bridgehead atoms. The third kappa shape index (κ3) is 3.48. The van der Waals surface area contributed by atoms with Gasteiger partial charge in [0.15, 0.2) is 0 Å². The van der Waals surface area contributed by atoms with Gasteiger partial charge in [0.05, 0.1) is 6.04 Å². The standard InChI is InChI=1S/C15H15ClN2O2/c1-9-7-12(8-14(19)17-9)15(20)18-10(2)11-3-5-13(16)6-4-11/h3-8,10H,1-2H3,(H,17,19)(H,18,20). The van der Waals surface area contributed by atoms with Gasteiger partial charge in [-0.2, -0.15) is 0 Å². The molecule has 2 aromatic rings. The van der Waals surface area contributed by atoms with Gasteiger partial charge >= 0.3 is 0 Å². The molecule has 0 radical (unpaired) electrons. The Kier molecular flexibility index (Phi) is 4.25. The van der Waals surface area contributed by atoms with Crippen molar-refractivity contribution in [3.8, 4) is 0 Å². The van der Waals surface area contributed by atoms with E-state index in [9.17, 15) is 9.59 Å². The summed E-state index contributed by atoms with van der Waals surface area (Å²) in [5, 5.41) is 3.50. The molecular formula is C15H15ClN2O2. The minimum absolute atomic E-state index is 0.167. The van der Waals surface area contributed by atoms with Crippen LogP contribution in [0.25, 0.3) is 0 Å². The highest BCUT2D eigenvalue weighted by Crippen LogP contribution is 2.16. The predicted octanol–water partition coefficient (Wildman–Crippen LogP) is 2.83. The lowest BCUT2D eigenvalue weighted by Crippen LogP contribution is -2.27. The molecule has 0 saturated carbocycles. The molecule has 20 heavy (non-hydrogen) atoms. The fourth-order valence-corrected chi connectivity index (χ4v) is 2.05. The number of hydrogen-bond acceptors (Lipinski definition) is 2. The summed E-state index contributed by atoms with van der Waals surface area (Å²) in [6.07, 6.45) is 0. The van der Waals surface area contributed by atoms with Crippen LogP contribution in [-0.4, -0.2) is 10.9 Å². The molecule has 0 aliphatic carbocycles. The number of pyridine rings is 1. The van der Waals surface area contributed by atoms with Gasteiger partial charge < -0.3 is 10.3 Å². The molecule has 0 fully saturated rings. The summed E-state index contributed by atoms with van der Waals surface area (Å²) < 4.78 is 0. The molecule has 1 heterocycles. The molecule has 0 spiro atoms. The van der Waals surface area contributed by atoms with E-state index in [1.54, 1.807) is 25.1 Å². The number of aromatic nitrogens is 1. The number of benzene rings is 1. The van der Waals surface area contributed by atoms with Crippen LogP contribution in [0, 0.1) is 6.92 Å². The first kappa shape index (κ1) is 14.3. The second-order valence-electron chi connectivity index (χ2n) is 4.66. The number of carbonyl (C=O) groups is 1. The van der Waals surface area contributed by atoms with Gasteiger partial charge in [-0.25, -0.2) is 0 Å². The zero-order valence-corrected chi connectivity index (χ0v) is 12.0. The molecule has 1 atom stereocenters. The number of carbonyl (C=O) groups excluding carboxylic acids is 1. The molecule has 1 aromatic heterocycles. The zero-order chi connectivity index (χ0) is 14.7. The SMILES string of the molecule is Cc1cc(C(=O)NC(C)c2ccc(Cl)cc2)cc(=O)[nH]1. The lowest BCUT2D eigenvalue weighted by Gasteiger charge is -2.14. The van der Waals surface area contributed by atoms with Crippen molar-refractivity contribution in [2.75, 3.05) is 0 Å². The van der Waals surface area contributed by atoms with Gasteiger partial charge in [0, 0.05) is 22.3 Å². The van der Waals surface area contributed by atoms with Gasteiger partial charge in [-0.1, -0.05) is 23.7 Å². The molecule has 4 nitrogen and oxygen atoms in total. The maximum atomic E-state index is 12.1. The Hall–Kier alpha value is -2.07. The van der Waals surface area contributed by atoms with Gasteiger partial charge in [0.2, 0.25) is 5.56 Å². The van der Waals surface area contributed by atoms with E-state index in [0.717, 1.165) is 5.56 Å². The average molecular weight is 291 g/mol. The number of amides is 1. The topological polar surface area (TPSA) is 62.0 Å². The summed E-state index contributed by atoms with van der Waals surface area (Å²) in [4.78, 5) is 26.1. The van der Waals surface area contributed by atoms with Gasteiger partial charge in [-0.3, -0.25) is 9.59 Å². The van der Waals surface area contributed by atoms with E-state index in [2.05, 4.69) is 10.3 Å². The van der Waals surface area contributed by atoms with E-state index in [-0.39, 0.29) is 17.5 Å². The monoisotopic (exact) mass is 290 g/mol. The van der Waals surface area contributed by atoms with Crippen LogP contribution >= 0.6 is 11.6 Å². The smallest absolute Gasteiger partial charge is 0.252 e. The van der Waals surface area contributed by atoms with Crippen molar-refractivity contribution < 1.29 is 4.79 Å². The number of hydrogen-bond donors (Lipinski definition) is 2.